The number of hydrogen-bond donors (Lipinski definition) is 1. The molecule has 0 unspecified atom stereocenters. The molecule has 2 aromatic rings. The van der Waals surface area contributed by atoms with Gasteiger partial charge in [0.15, 0.2) is 0 Å². The van der Waals surface area contributed by atoms with Crippen LogP contribution in [0.3, 0.4) is 0 Å². The molecule has 0 radical (unpaired) electrons. The summed E-state index contributed by atoms with van der Waals surface area (Å²) < 4.78 is 0. The van der Waals surface area contributed by atoms with Crippen LogP contribution in [0.15, 0.2) is 47.4 Å². The minimum Gasteiger partial charge on any atom is -0.267 e. The first kappa shape index (κ1) is 13.6. The molecule has 5 heteroatoms. The van der Waals surface area contributed by atoms with Gasteiger partial charge < -0.3 is 0 Å². The van der Waals surface area contributed by atoms with E-state index in [9.17, 15) is 9.59 Å². The van der Waals surface area contributed by atoms with E-state index in [-0.39, 0.29) is 17.4 Å². The summed E-state index contributed by atoms with van der Waals surface area (Å²) in [6.45, 7) is 2.07. The molecule has 2 amide bonds. The maximum atomic E-state index is 12.4. The van der Waals surface area contributed by atoms with Gasteiger partial charge in [0.1, 0.15) is 5.57 Å². The van der Waals surface area contributed by atoms with Crippen LogP contribution >= 0.6 is 11.3 Å². The molecule has 0 bridgehead atoms. The predicted molar refractivity (Wildman–Crippen MR) is 83.7 cm³/mol. The molecule has 106 valence electrons. The molecule has 1 fully saturated rings. The zero-order valence-corrected chi connectivity index (χ0v) is 12.3. The number of hydrazine groups is 1. The number of carbonyl (C=O) groups excluding carboxylic acids is 2. The fourth-order valence-corrected chi connectivity index (χ4v) is 2.79. The largest absolute Gasteiger partial charge is 0.282 e. The quantitative estimate of drug-likeness (QED) is 0.699. The van der Waals surface area contributed by atoms with E-state index in [0.717, 1.165) is 11.3 Å². The summed E-state index contributed by atoms with van der Waals surface area (Å²) in [4.78, 5) is 25.2. The maximum Gasteiger partial charge on any atom is 0.282 e. The summed E-state index contributed by atoms with van der Waals surface area (Å²) >= 11 is 1.49. The van der Waals surface area contributed by atoms with E-state index < -0.39 is 0 Å². The summed E-state index contributed by atoms with van der Waals surface area (Å²) in [5, 5.41) is 3.20. The zero-order chi connectivity index (χ0) is 14.8. The highest BCUT2D eigenvalue weighted by molar-refractivity contribution is 7.10. The molecular weight excluding hydrogens is 284 g/mol. The second-order valence-corrected chi connectivity index (χ2v) is 5.65. The van der Waals surface area contributed by atoms with Gasteiger partial charge in [-0.2, -0.15) is 0 Å². The molecule has 1 aliphatic heterocycles. The molecule has 1 aromatic heterocycles. The standard InChI is InChI=1S/C16H14N2O2S/c1-2-11-5-7-12(8-6-11)18-16(20)14(15(19)17-18)10-13-4-3-9-21-13/h3-10H,2H2,1H3,(H,17,19). The SMILES string of the molecule is CCc1ccc(N2NC(=O)C(=Cc3cccs3)C2=O)cc1. The Bertz CT molecular complexity index is 702. The highest BCUT2D eigenvalue weighted by Gasteiger charge is 2.34. The number of anilines is 1. The van der Waals surface area contributed by atoms with Crippen LogP contribution in [0.1, 0.15) is 17.4 Å². The van der Waals surface area contributed by atoms with Gasteiger partial charge in [0.2, 0.25) is 0 Å². The van der Waals surface area contributed by atoms with Crippen molar-refractivity contribution >= 4 is 34.9 Å². The smallest absolute Gasteiger partial charge is 0.267 e. The van der Waals surface area contributed by atoms with Gasteiger partial charge >= 0.3 is 0 Å². The van der Waals surface area contributed by atoms with Crippen LogP contribution in [0.5, 0.6) is 0 Å². The summed E-state index contributed by atoms with van der Waals surface area (Å²) in [6.07, 6.45) is 2.56. The van der Waals surface area contributed by atoms with Gasteiger partial charge in [0.05, 0.1) is 5.69 Å². The van der Waals surface area contributed by atoms with Gasteiger partial charge in [0, 0.05) is 4.88 Å². The molecule has 21 heavy (non-hydrogen) atoms. The van der Waals surface area contributed by atoms with Gasteiger partial charge in [-0.15, -0.1) is 11.3 Å². The normalized spacial score (nSPS) is 16.6. The summed E-state index contributed by atoms with van der Waals surface area (Å²) in [5.41, 5.74) is 4.62. The number of carbonyl (C=O) groups is 2. The number of benzene rings is 1. The third kappa shape index (κ3) is 2.60. The lowest BCUT2D eigenvalue weighted by atomic mass is 10.1. The van der Waals surface area contributed by atoms with E-state index in [2.05, 4.69) is 12.3 Å². The van der Waals surface area contributed by atoms with E-state index in [4.69, 9.17) is 0 Å². The number of nitrogens with zero attached hydrogens (tertiary/aromatic N) is 1. The molecule has 1 aromatic carbocycles. The van der Waals surface area contributed by atoms with Crippen molar-refractivity contribution in [2.24, 2.45) is 0 Å². The zero-order valence-electron chi connectivity index (χ0n) is 11.5. The first-order valence-corrected chi connectivity index (χ1v) is 7.56. The molecule has 4 nitrogen and oxygen atoms in total. The van der Waals surface area contributed by atoms with Crippen LogP contribution in [0.2, 0.25) is 0 Å². The predicted octanol–water partition coefficient (Wildman–Crippen LogP) is 2.77. The van der Waals surface area contributed by atoms with Crippen molar-refractivity contribution in [2.75, 3.05) is 5.01 Å². The highest BCUT2D eigenvalue weighted by Crippen LogP contribution is 2.23. The van der Waals surface area contributed by atoms with E-state index in [1.807, 2.05) is 41.8 Å². The van der Waals surface area contributed by atoms with Crippen molar-refractivity contribution in [3.63, 3.8) is 0 Å². The van der Waals surface area contributed by atoms with Crippen LogP contribution in [-0.2, 0) is 16.0 Å². The lowest BCUT2D eigenvalue weighted by molar-refractivity contribution is -0.117. The summed E-state index contributed by atoms with van der Waals surface area (Å²) in [5.74, 6) is -0.689. The van der Waals surface area contributed by atoms with E-state index in [1.54, 1.807) is 6.08 Å². The Hall–Kier alpha value is -2.40. The molecule has 0 saturated carbocycles. The molecule has 0 spiro atoms. The number of thiophene rings is 1. The van der Waals surface area contributed by atoms with Crippen LogP contribution < -0.4 is 10.4 Å². The van der Waals surface area contributed by atoms with Crippen molar-refractivity contribution < 1.29 is 9.59 Å². The van der Waals surface area contributed by atoms with Gasteiger partial charge in [-0.3, -0.25) is 15.0 Å². The molecule has 0 atom stereocenters. The van der Waals surface area contributed by atoms with Crippen molar-refractivity contribution in [2.45, 2.75) is 13.3 Å². The van der Waals surface area contributed by atoms with Crippen LogP contribution in [0.25, 0.3) is 6.08 Å². The Morgan fingerprint density at radius 3 is 2.57 bits per heavy atom. The minimum atomic E-state index is -0.368. The van der Waals surface area contributed by atoms with Crippen molar-refractivity contribution in [3.8, 4) is 0 Å². The van der Waals surface area contributed by atoms with Crippen molar-refractivity contribution in [3.05, 3.63) is 57.8 Å². The third-order valence-corrected chi connectivity index (χ3v) is 4.14. The van der Waals surface area contributed by atoms with Gasteiger partial charge in [-0.05, 0) is 41.6 Å². The number of nitrogens with one attached hydrogen (secondary N) is 1. The average molecular weight is 298 g/mol. The Labute approximate surface area is 126 Å². The lowest BCUT2D eigenvalue weighted by Crippen LogP contribution is -2.35. The molecule has 1 saturated heterocycles. The fourth-order valence-electron chi connectivity index (χ4n) is 2.14. The van der Waals surface area contributed by atoms with Crippen LogP contribution in [0, 0.1) is 0 Å². The summed E-state index contributed by atoms with van der Waals surface area (Å²) in [6, 6.07) is 11.3. The van der Waals surface area contributed by atoms with Gasteiger partial charge in [-0.1, -0.05) is 25.1 Å². The van der Waals surface area contributed by atoms with E-state index >= 15 is 0 Å². The second kappa shape index (κ2) is 5.54. The average Bonchev–Trinajstić information content (AvgIpc) is 3.11. The minimum absolute atomic E-state index is 0.164. The molecule has 3 rings (SSSR count). The number of rotatable bonds is 3. The Kier molecular flexibility index (Phi) is 3.58. The lowest BCUT2D eigenvalue weighted by Gasteiger charge is -2.14. The van der Waals surface area contributed by atoms with E-state index in [1.165, 1.54) is 21.9 Å². The molecule has 0 aliphatic carbocycles. The van der Waals surface area contributed by atoms with Crippen LogP contribution in [-0.4, -0.2) is 11.8 Å². The van der Waals surface area contributed by atoms with Crippen LogP contribution in [0.4, 0.5) is 5.69 Å². The molecule has 2 heterocycles. The summed E-state index contributed by atoms with van der Waals surface area (Å²) in [7, 11) is 0. The maximum absolute atomic E-state index is 12.4. The number of amides is 2. The monoisotopic (exact) mass is 298 g/mol. The Balaban J connectivity index is 1.89. The number of aryl methyl sites for hydroxylation is 1. The first-order valence-electron chi connectivity index (χ1n) is 6.68. The van der Waals surface area contributed by atoms with Crippen molar-refractivity contribution in [1.29, 1.82) is 0 Å². The Morgan fingerprint density at radius 1 is 1.19 bits per heavy atom. The first-order chi connectivity index (χ1) is 10.2. The van der Waals surface area contributed by atoms with Gasteiger partial charge in [-0.25, -0.2) is 5.01 Å². The fraction of sp³-hybridized carbons (Fsp3) is 0.125. The molecule has 1 N–H and O–H groups in total. The topological polar surface area (TPSA) is 49.4 Å². The van der Waals surface area contributed by atoms with Crippen molar-refractivity contribution in [1.82, 2.24) is 5.43 Å². The van der Waals surface area contributed by atoms with E-state index in [0.29, 0.717) is 5.69 Å². The third-order valence-electron chi connectivity index (χ3n) is 3.32. The molecular formula is C16H14N2O2S. The van der Waals surface area contributed by atoms with Gasteiger partial charge in [0.25, 0.3) is 11.8 Å². The highest BCUT2D eigenvalue weighted by atomic mass is 32.1. The Morgan fingerprint density at radius 2 is 1.95 bits per heavy atom. The second-order valence-electron chi connectivity index (χ2n) is 4.67. The number of hydrogen-bond acceptors (Lipinski definition) is 3. The molecule has 1 aliphatic rings.